The summed E-state index contributed by atoms with van der Waals surface area (Å²) in [5.41, 5.74) is 6.04. The highest BCUT2D eigenvalue weighted by molar-refractivity contribution is 5.48. The fourth-order valence-corrected chi connectivity index (χ4v) is 1.43. The highest BCUT2D eigenvalue weighted by Gasteiger charge is 2.09. The van der Waals surface area contributed by atoms with Gasteiger partial charge in [-0.1, -0.05) is 17.2 Å². The summed E-state index contributed by atoms with van der Waals surface area (Å²) < 4.78 is 0. The molecule has 0 aliphatic rings. The van der Waals surface area contributed by atoms with Crippen molar-refractivity contribution in [2.75, 3.05) is 7.05 Å². The predicted octanol–water partition coefficient (Wildman–Crippen LogP) is 4.66. The Bertz CT molecular complexity index is 334. The van der Waals surface area contributed by atoms with Gasteiger partial charge in [-0.25, -0.2) is 0 Å². The summed E-state index contributed by atoms with van der Waals surface area (Å²) in [5, 5.41) is 8.01. The van der Waals surface area contributed by atoms with Gasteiger partial charge in [-0.3, -0.25) is 0 Å². The van der Waals surface area contributed by atoms with Gasteiger partial charge in [-0.15, -0.1) is 0 Å². The van der Waals surface area contributed by atoms with Gasteiger partial charge in [0.2, 0.25) is 0 Å². The fourth-order valence-electron chi connectivity index (χ4n) is 1.43. The van der Waals surface area contributed by atoms with Crippen LogP contribution in [-0.4, -0.2) is 7.05 Å². The van der Waals surface area contributed by atoms with Crippen LogP contribution in [0.1, 0.15) is 41.5 Å². The topological polar surface area (TPSA) is 24.7 Å². The smallest absolute Gasteiger partial charge is 0.0884 e. The van der Waals surface area contributed by atoms with Crippen molar-refractivity contribution in [3.8, 4) is 0 Å². The molecule has 0 heterocycles. The van der Waals surface area contributed by atoms with Crippen LogP contribution in [0.15, 0.2) is 44.3 Å². The average molecular weight is 206 g/mol. The van der Waals surface area contributed by atoms with Crippen LogP contribution in [-0.2, 0) is 0 Å². The summed E-state index contributed by atoms with van der Waals surface area (Å²) in [4.78, 5) is 0. The predicted molar refractivity (Wildman–Crippen MR) is 67.0 cm³/mol. The van der Waals surface area contributed by atoms with Gasteiger partial charge in [0.1, 0.15) is 0 Å². The first-order chi connectivity index (χ1) is 6.95. The molecule has 0 spiro atoms. The van der Waals surface area contributed by atoms with Crippen molar-refractivity contribution in [3.05, 3.63) is 34.1 Å². The fraction of sp³-hybridized carbons (Fsp3) is 0.538. The highest BCUT2D eigenvalue weighted by Crippen LogP contribution is 2.26. The maximum Gasteiger partial charge on any atom is 0.0884 e. The van der Waals surface area contributed by atoms with Crippen LogP contribution in [0.25, 0.3) is 0 Å². The maximum absolute atomic E-state index is 4.16. The van der Waals surface area contributed by atoms with E-state index in [9.17, 15) is 0 Å². The summed E-state index contributed by atoms with van der Waals surface area (Å²) in [6, 6.07) is 0. The molecule has 0 aromatic carbocycles. The Labute approximate surface area is 93.5 Å². The Morgan fingerprint density at radius 3 is 1.73 bits per heavy atom. The van der Waals surface area contributed by atoms with Gasteiger partial charge >= 0.3 is 0 Å². The Morgan fingerprint density at radius 2 is 1.47 bits per heavy atom. The molecule has 0 rings (SSSR count). The maximum atomic E-state index is 4.16. The molecule has 0 amide bonds. The average Bonchev–Trinajstić information content (AvgIpc) is 2.15. The molecule has 0 aromatic rings. The molecular formula is C13H22N2. The van der Waals surface area contributed by atoms with Crippen LogP contribution in [0.2, 0.25) is 0 Å². The van der Waals surface area contributed by atoms with Gasteiger partial charge < -0.3 is 0 Å². The van der Waals surface area contributed by atoms with Crippen molar-refractivity contribution < 1.29 is 0 Å². The molecule has 0 aliphatic carbocycles. The minimum atomic E-state index is 0.955. The van der Waals surface area contributed by atoms with Crippen molar-refractivity contribution in [2.45, 2.75) is 41.5 Å². The molecule has 2 nitrogen and oxygen atoms in total. The lowest BCUT2D eigenvalue weighted by molar-refractivity contribution is 1.06. The van der Waals surface area contributed by atoms with E-state index in [1.54, 1.807) is 7.05 Å². The van der Waals surface area contributed by atoms with E-state index in [4.69, 9.17) is 0 Å². The molecule has 2 heteroatoms. The summed E-state index contributed by atoms with van der Waals surface area (Å²) in [6.07, 6.45) is 2.00. The van der Waals surface area contributed by atoms with Crippen LogP contribution in [0.3, 0.4) is 0 Å². The monoisotopic (exact) mass is 206 g/mol. The van der Waals surface area contributed by atoms with E-state index in [2.05, 4.69) is 44.8 Å². The molecule has 0 saturated carbocycles. The number of nitrogens with zero attached hydrogens (tertiary/aromatic N) is 2. The van der Waals surface area contributed by atoms with E-state index in [1.807, 2.05) is 13.0 Å². The second kappa shape index (κ2) is 6.33. The molecular weight excluding hydrogens is 184 g/mol. The molecule has 84 valence electrons. The Morgan fingerprint density at radius 1 is 0.933 bits per heavy atom. The van der Waals surface area contributed by atoms with Gasteiger partial charge in [0.15, 0.2) is 0 Å². The summed E-state index contributed by atoms with van der Waals surface area (Å²) in [5.74, 6) is 0. The van der Waals surface area contributed by atoms with Crippen LogP contribution in [0, 0.1) is 0 Å². The number of allylic oxidation sites excluding steroid dienone is 4. The second-order valence-electron chi connectivity index (χ2n) is 3.97. The third-order valence-corrected chi connectivity index (χ3v) is 2.36. The minimum absolute atomic E-state index is 0.955. The van der Waals surface area contributed by atoms with Crippen molar-refractivity contribution in [3.63, 3.8) is 0 Å². The van der Waals surface area contributed by atoms with Gasteiger partial charge in [-0.05, 0) is 47.1 Å². The normalized spacial score (nSPS) is 11.8. The van der Waals surface area contributed by atoms with Crippen molar-refractivity contribution >= 4 is 0 Å². The standard InChI is InChI=1S/C13H22N2/c1-8-12(15-14-7)13(10(4)5)11(6)9(2)3/h8H,1-7H3/b12-8-,15-14?. The Hall–Kier alpha value is -1.18. The summed E-state index contributed by atoms with van der Waals surface area (Å²) in [7, 11) is 1.70. The third-order valence-electron chi connectivity index (χ3n) is 2.36. The molecule has 0 radical (unpaired) electrons. The summed E-state index contributed by atoms with van der Waals surface area (Å²) >= 11 is 0. The third kappa shape index (κ3) is 3.82. The number of azo groups is 1. The van der Waals surface area contributed by atoms with Crippen molar-refractivity contribution in [1.29, 1.82) is 0 Å². The van der Waals surface area contributed by atoms with E-state index >= 15 is 0 Å². The van der Waals surface area contributed by atoms with Gasteiger partial charge in [0, 0.05) is 12.6 Å². The molecule has 0 N–H and O–H groups in total. The van der Waals surface area contributed by atoms with E-state index in [-0.39, 0.29) is 0 Å². The molecule has 0 atom stereocenters. The number of rotatable bonds is 3. The summed E-state index contributed by atoms with van der Waals surface area (Å²) in [6.45, 7) is 12.6. The van der Waals surface area contributed by atoms with Crippen LogP contribution >= 0.6 is 0 Å². The molecule has 0 unspecified atom stereocenters. The van der Waals surface area contributed by atoms with Gasteiger partial charge in [0.05, 0.1) is 5.70 Å². The first-order valence-electron chi connectivity index (χ1n) is 5.24. The Kier molecular flexibility index (Phi) is 5.83. The van der Waals surface area contributed by atoms with Gasteiger partial charge in [0.25, 0.3) is 0 Å². The number of hydrogen-bond acceptors (Lipinski definition) is 2. The largest absolute Gasteiger partial charge is 0.192 e. The SMILES string of the molecule is C/C=C(\N=NC)C(=C(C)C)C(C)=C(C)C. The van der Waals surface area contributed by atoms with Crippen LogP contribution in [0.4, 0.5) is 0 Å². The van der Waals surface area contributed by atoms with E-state index in [0.717, 1.165) is 5.70 Å². The van der Waals surface area contributed by atoms with Crippen molar-refractivity contribution in [2.24, 2.45) is 10.2 Å². The lowest BCUT2D eigenvalue weighted by Gasteiger charge is -2.12. The second-order valence-corrected chi connectivity index (χ2v) is 3.97. The molecule has 15 heavy (non-hydrogen) atoms. The van der Waals surface area contributed by atoms with Crippen LogP contribution < -0.4 is 0 Å². The van der Waals surface area contributed by atoms with E-state index < -0.39 is 0 Å². The van der Waals surface area contributed by atoms with E-state index in [1.165, 1.54) is 22.3 Å². The lowest BCUT2D eigenvalue weighted by Crippen LogP contribution is -1.94. The minimum Gasteiger partial charge on any atom is -0.192 e. The zero-order valence-electron chi connectivity index (χ0n) is 11.0. The quantitative estimate of drug-likeness (QED) is 0.474. The van der Waals surface area contributed by atoms with Crippen LogP contribution in [0.5, 0.6) is 0 Å². The molecule has 0 bridgehead atoms. The number of hydrogen-bond donors (Lipinski definition) is 0. The molecule has 0 aliphatic heterocycles. The van der Waals surface area contributed by atoms with Crippen molar-refractivity contribution in [1.82, 2.24) is 0 Å². The zero-order valence-corrected chi connectivity index (χ0v) is 11.0. The lowest BCUT2D eigenvalue weighted by atomic mass is 9.96. The molecule has 0 saturated heterocycles. The molecule has 0 fully saturated rings. The Balaban J connectivity index is 5.58. The zero-order chi connectivity index (χ0) is 12.0. The first-order valence-corrected chi connectivity index (χ1v) is 5.24. The molecule has 0 aromatic heterocycles. The highest BCUT2D eigenvalue weighted by atomic mass is 15.1. The first kappa shape index (κ1) is 13.8. The van der Waals surface area contributed by atoms with Gasteiger partial charge in [-0.2, -0.15) is 10.2 Å². The van der Waals surface area contributed by atoms with E-state index in [0.29, 0.717) is 0 Å².